The topological polar surface area (TPSA) is 158 Å². The number of carbonyl (C=O) groups excluding carboxylic acids is 2. The second-order valence-electron chi connectivity index (χ2n) is 14.7. The highest BCUT2D eigenvalue weighted by Crippen LogP contribution is 2.53. The number of allylic oxidation sites excluding steroid dienone is 4. The molecule has 6 rings (SSSR count). The Bertz CT molecular complexity index is 2370. The zero-order chi connectivity index (χ0) is 44.2. The molecule has 0 atom stereocenters. The molecule has 0 amide bonds. The first-order valence-electron chi connectivity index (χ1n) is 18.3. The molecule has 0 aliphatic heterocycles. The fourth-order valence-corrected chi connectivity index (χ4v) is 7.44. The summed E-state index contributed by atoms with van der Waals surface area (Å²) in [5, 5.41) is 52.6. The van der Waals surface area contributed by atoms with Crippen LogP contribution in [0.4, 0.5) is 37.7 Å². The van der Waals surface area contributed by atoms with Crippen LogP contribution >= 0.6 is 0 Å². The lowest BCUT2D eigenvalue weighted by Gasteiger charge is -2.29. The largest absolute Gasteiger partial charge is 0.573 e. The second kappa shape index (κ2) is 15.7. The molecule has 0 fully saturated rings. The summed E-state index contributed by atoms with van der Waals surface area (Å²) < 4.78 is 84.2. The predicted octanol–water partition coefficient (Wildman–Crippen LogP) is 11.1. The number of ketones is 2. The van der Waals surface area contributed by atoms with Gasteiger partial charge >= 0.3 is 12.7 Å². The molecule has 16 heteroatoms. The van der Waals surface area contributed by atoms with E-state index in [2.05, 4.69) is 20.1 Å². The van der Waals surface area contributed by atoms with Gasteiger partial charge in [0, 0.05) is 57.2 Å². The van der Waals surface area contributed by atoms with Gasteiger partial charge in [-0.3, -0.25) is 9.59 Å². The molecule has 0 heterocycles. The zero-order valence-electron chi connectivity index (χ0n) is 32.8. The average molecular weight is 837 g/mol. The summed E-state index contributed by atoms with van der Waals surface area (Å²) >= 11 is 0. The van der Waals surface area contributed by atoms with E-state index < -0.39 is 70.6 Å². The Balaban J connectivity index is 1.53. The first-order chi connectivity index (χ1) is 28.0. The van der Waals surface area contributed by atoms with Crippen LogP contribution < -0.4 is 20.1 Å². The Morgan fingerprint density at radius 2 is 0.867 bits per heavy atom. The minimum Gasteiger partial charge on any atom is -0.507 e. The summed E-state index contributed by atoms with van der Waals surface area (Å²) in [6.45, 7) is 10.2. The first kappa shape index (κ1) is 42.8. The number of alkyl halides is 6. The number of nitrogens with one attached hydrogen (secondary N) is 2. The molecule has 2 aliphatic carbocycles. The van der Waals surface area contributed by atoms with Gasteiger partial charge in [0.2, 0.25) is 11.6 Å². The SMILES string of the molecule is Cc1cc2c(c(O)c1-c1c(C)cc3c(c1O)/C(=C\Nc1ccc(OC(F)(F)F)cc1)C(=O)C(O)=C3C(C)C)/C(=C/Nc1ccc(OC(F)(F)F)cc1)C(=O)C(O)=C2C(C)C. The van der Waals surface area contributed by atoms with E-state index in [1.54, 1.807) is 53.7 Å². The molecule has 0 spiro atoms. The Hall–Kier alpha value is -6.84. The lowest BCUT2D eigenvalue weighted by molar-refractivity contribution is -0.275. The number of aryl methyl sites for hydroxylation is 2. The van der Waals surface area contributed by atoms with Gasteiger partial charge in [0.15, 0.2) is 11.5 Å². The number of phenolic OH excluding ortho intramolecular Hbond substituents is 2. The number of anilines is 2. The van der Waals surface area contributed by atoms with Gasteiger partial charge in [-0.15, -0.1) is 26.3 Å². The molecule has 6 N–H and O–H groups in total. The van der Waals surface area contributed by atoms with Gasteiger partial charge in [0.05, 0.1) is 11.1 Å². The number of hydrogen-bond donors (Lipinski definition) is 6. The van der Waals surface area contributed by atoms with E-state index in [0.29, 0.717) is 22.3 Å². The van der Waals surface area contributed by atoms with Crippen LogP contribution in [0, 0.1) is 25.7 Å². The molecule has 314 valence electrons. The Morgan fingerprint density at radius 3 is 1.15 bits per heavy atom. The number of phenols is 2. The van der Waals surface area contributed by atoms with Gasteiger partial charge in [0.1, 0.15) is 23.0 Å². The van der Waals surface area contributed by atoms with Crippen molar-refractivity contribution in [2.24, 2.45) is 11.8 Å². The van der Waals surface area contributed by atoms with Gasteiger partial charge < -0.3 is 40.5 Å². The molecule has 4 aromatic rings. The summed E-state index contributed by atoms with van der Waals surface area (Å²) in [4.78, 5) is 27.7. The highest BCUT2D eigenvalue weighted by atomic mass is 19.4. The van der Waals surface area contributed by atoms with Crippen molar-refractivity contribution in [1.82, 2.24) is 0 Å². The van der Waals surface area contributed by atoms with E-state index >= 15 is 0 Å². The molecule has 60 heavy (non-hydrogen) atoms. The number of aliphatic hydroxyl groups excluding tert-OH is 2. The standard InChI is InChI=1S/C44H38F6N2O8/c1-19(2)31-27-15-21(5)33(39(55)35(27)29(37(53)41(31)57)17-51-23-7-11-25(12-8-23)59-43(45,46)47)34-22(6)16-28-32(20(3)4)42(58)38(54)30(36(28)40(34)56)18-52-24-9-13-26(14-10-24)60-44(48,49)50/h7-20,51-52,55-58H,1-6H3/b29-17-,30-18+. The van der Waals surface area contributed by atoms with Crippen LogP contribution in [-0.2, 0) is 9.59 Å². The highest BCUT2D eigenvalue weighted by molar-refractivity contribution is 6.35. The van der Waals surface area contributed by atoms with Gasteiger partial charge in [-0.1, -0.05) is 39.8 Å². The Labute approximate surface area is 339 Å². The number of benzene rings is 4. The monoisotopic (exact) mass is 836 g/mol. The van der Waals surface area contributed by atoms with Crippen LogP contribution in [-0.4, -0.2) is 44.7 Å². The predicted molar refractivity (Wildman–Crippen MR) is 213 cm³/mol. The van der Waals surface area contributed by atoms with Crippen LogP contribution in [0.15, 0.2) is 84.6 Å². The van der Waals surface area contributed by atoms with Crippen LogP contribution in [0.25, 0.3) is 33.4 Å². The molecule has 0 saturated carbocycles. The van der Waals surface area contributed by atoms with E-state index in [1.807, 2.05) is 0 Å². The van der Waals surface area contributed by atoms with E-state index in [4.69, 9.17) is 0 Å². The van der Waals surface area contributed by atoms with Crippen molar-refractivity contribution in [1.29, 1.82) is 0 Å². The van der Waals surface area contributed by atoms with Crippen LogP contribution in [0.3, 0.4) is 0 Å². The second-order valence-corrected chi connectivity index (χ2v) is 14.7. The zero-order valence-corrected chi connectivity index (χ0v) is 32.8. The van der Waals surface area contributed by atoms with E-state index in [-0.39, 0.29) is 55.9 Å². The summed E-state index contributed by atoms with van der Waals surface area (Å²) in [5.74, 6) is -5.75. The number of fused-ring (bicyclic) bond motifs is 2. The number of ether oxygens (including phenoxy) is 2. The van der Waals surface area contributed by atoms with Crippen LogP contribution in [0.5, 0.6) is 23.0 Å². The Morgan fingerprint density at radius 1 is 0.550 bits per heavy atom. The third-order valence-electron chi connectivity index (χ3n) is 9.89. The highest BCUT2D eigenvalue weighted by Gasteiger charge is 2.39. The van der Waals surface area contributed by atoms with Gasteiger partial charge in [-0.05, 0) is 96.5 Å². The number of hydrogen-bond acceptors (Lipinski definition) is 10. The summed E-state index contributed by atoms with van der Waals surface area (Å²) in [7, 11) is 0. The number of aromatic hydroxyl groups is 2. The van der Waals surface area contributed by atoms with Crippen LogP contribution in [0.1, 0.15) is 61.1 Å². The maximum absolute atomic E-state index is 13.9. The van der Waals surface area contributed by atoms with Gasteiger partial charge in [0.25, 0.3) is 0 Å². The molecular formula is C44H38F6N2O8. The molecule has 10 nitrogen and oxygen atoms in total. The van der Waals surface area contributed by atoms with E-state index in [1.165, 1.54) is 36.7 Å². The van der Waals surface area contributed by atoms with Crippen molar-refractivity contribution in [3.05, 3.63) is 118 Å². The van der Waals surface area contributed by atoms with Crippen molar-refractivity contribution < 1.29 is 65.8 Å². The molecule has 4 aromatic carbocycles. The normalized spacial score (nSPS) is 15.9. The number of Topliss-reactive ketones (excluding diaryl/α,β-unsaturated/α-hetero) is 2. The number of carbonyl (C=O) groups is 2. The molecule has 0 bridgehead atoms. The smallest absolute Gasteiger partial charge is 0.507 e. The number of halogens is 6. The third-order valence-corrected chi connectivity index (χ3v) is 9.89. The summed E-state index contributed by atoms with van der Waals surface area (Å²) in [5.41, 5.74) is 1.82. The van der Waals surface area contributed by atoms with Gasteiger partial charge in [-0.2, -0.15) is 0 Å². The lowest BCUT2D eigenvalue weighted by Crippen LogP contribution is -2.20. The van der Waals surface area contributed by atoms with Crippen molar-refractivity contribution in [2.45, 2.75) is 54.3 Å². The number of aliphatic hydroxyl groups is 2. The van der Waals surface area contributed by atoms with Crippen molar-refractivity contribution in [2.75, 3.05) is 10.6 Å². The molecule has 0 saturated heterocycles. The minimum absolute atomic E-state index is 0.0324. The number of rotatable bonds is 9. The Kier molecular flexibility index (Phi) is 11.2. The maximum atomic E-state index is 13.9. The van der Waals surface area contributed by atoms with Crippen molar-refractivity contribution in [3.63, 3.8) is 0 Å². The maximum Gasteiger partial charge on any atom is 0.573 e. The quantitative estimate of drug-likeness (QED) is 0.0708. The fraction of sp³-hybridized carbons (Fsp3) is 0.227. The van der Waals surface area contributed by atoms with Crippen molar-refractivity contribution in [3.8, 4) is 34.1 Å². The fourth-order valence-electron chi connectivity index (χ4n) is 7.44. The molecule has 2 aliphatic rings. The third kappa shape index (κ3) is 8.22. The molecule has 0 radical (unpaired) electrons. The lowest BCUT2D eigenvalue weighted by atomic mass is 9.75. The minimum atomic E-state index is -4.92. The molecular weight excluding hydrogens is 798 g/mol. The molecule has 0 unspecified atom stereocenters. The van der Waals surface area contributed by atoms with E-state index in [9.17, 15) is 56.4 Å². The average Bonchev–Trinajstić information content (AvgIpc) is 3.13. The van der Waals surface area contributed by atoms with Crippen LogP contribution in [0.2, 0.25) is 0 Å². The molecule has 0 aromatic heterocycles. The van der Waals surface area contributed by atoms with Crippen molar-refractivity contribution >= 4 is 45.2 Å². The summed E-state index contributed by atoms with van der Waals surface area (Å²) in [6, 6.07) is 12.5. The summed E-state index contributed by atoms with van der Waals surface area (Å²) in [6.07, 6.45) is -7.47. The first-order valence-corrected chi connectivity index (χ1v) is 18.3. The van der Waals surface area contributed by atoms with Gasteiger partial charge in [-0.25, -0.2) is 0 Å². The van der Waals surface area contributed by atoms with E-state index in [0.717, 1.165) is 24.3 Å².